The van der Waals surface area contributed by atoms with Gasteiger partial charge in [-0.25, -0.2) is 4.98 Å². The largest absolute Gasteiger partial charge is 0.355 e. The summed E-state index contributed by atoms with van der Waals surface area (Å²) in [6.07, 6.45) is 6.66. The smallest absolute Gasteiger partial charge is 0.226 e. The number of amides is 1. The number of piperidine rings is 1. The predicted octanol–water partition coefficient (Wildman–Crippen LogP) is 1.79. The molecule has 114 valence electrons. The molecule has 2 aromatic rings. The lowest BCUT2D eigenvalue weighted by molar-refractivity contribution is -0.120. The Bertz CT molecular complexity index is 569. The molecule has 0 atom stereocenters. The van der Waals surface area contributed by atoms with E-state index in [0.717, 1.165) is 36.8 Å². The molecule has 3 heterocycles. The molecule has 6 heteroatoms. The number of imidazole rings is 1. The number of nitrogens with zero attached hydrogens (tertiary/aromatic N) is 3. The first-order valence-electron chi connectivity index (χ1n) is 7.64. The van der Waals surface area contributed by atoms with Crippen LogP contribution >= 0.6 is 11.3 Å². The van der Waals surface area contributed by atoms with Crippen LogP contribution in [0.4, 0.5) is 0 Å². The number of hydrogen-bond donors (Lipinski definition) is 1. The molecule has 0 spiro atoms. The lowest BCUT2D eigenvalue weighted by Gasteiger charge is -2.31. The summed E-state index contributed by atoms with van der Waals surface area (Å²) in [7, 11) is 0. The second-order valence-electron chi connectivity index (χ2n) is 5.68. The zero-order valence-corrected chi connectivity index (χ0v) is 13.2. The van der Waals surface area contributed by atoms with Gasteiger partial charge in [0.2, 0.25) is 5.91 Å². The number of carbonyl (C=O) groups excluding carboxylic acids is 1. The Kier molecular flexibility index (Phi) is 4.55. The highest BCUT2D eigenvalue weighted by atomic mass is 32.1. The van der Waals surface area contributed by atoms with E-state index in [-0.39, 0.29) is 5.91 Å². The molecule has 1 aliphatic rings. The number of hydrogen-bond acceptors (Lipinski definition) is 4. The maximum Gasteiger partial charge on any atom is 0.226 e. The van der Waals surface area contributed by atoms with E-state index in [1.807, 2.05) is 22.2 Å². The van der Waals surface area contributed by atoms with Gasteiger partial charge < -0.3 is 10.2 Å². The molecule has 1 saturated heterocycles. The molecule has 0 radical (unpaired) electrons. The number of thiazole rings is 1. The molecule has 1 N–H and O–H groups in total. The molecule has 3 rings (SSSR count). The van der Waals surface area contributed by atoms with Crippen molar-refractivity contribution in [3.05, 3.63) is 23.5 Å². The minimum absolute atomic E-state index is 0.0821. The first-order valence-corrected chi connectivity index (χ1v) is 8.52. The molecule has 0 aliphatic carbocycles. The zero-order valence-electron chi connectivity index (χ0n) is 12.4. The molecule has 2 aromatic heterocycles. The summed E-state index contributed by atoms with van der Waals surface area (Å²) >= 11 is 1.59. The summed E-state index contributed by atoms with van der Waals surface area (Å²) in [6.45, 7) is 6.47. The van der Waals surface area contributed by atoms with Crippen molar-refractivity contribution in [2.24, 2.45) is 5.92 Å². The number of aromatic nitrogens is 2. The van der Waals surface area contributed by atoms with Gasteiger partial charge in [0.15, 0.2) is 4.96 Å². The fourth-order valence-electron chi connectivity index (χ4n) is 2.85. The van der Waals surface area contributed by atoms with Crippen molar-refractivity contribution < 1.29 is 4.79 Å². The van der Waals surface area contributed by atoms with Crippen molar-refractivity contribution in [1.82, 2.24) is 19.6 Å². The van der Waals surface area contributed by atoms with E-state index in [0.29, 0.717) is 12.3 Å². The van der Waals surface area contributed by atoms with Crippen LogP contribution in [0.25, 0.3) is 4.96 Å². The second-order valence-corrected chi connectivity index (χ2v) is 6.56. The normalized spacial score (nSPS) is 17.4. The van der Waals surface area contributed by atoms with Crippen molar-refractivity contribution in [3.8, 4) is 0 Å². The van der Waals surface area contributed by atoms with Crippen LogP contribution in [0.2, 0.25) is 0 Å². The van der Waals surface area contributed by atoms with E-state index in [2.05, 4.69) is 22.1 Å². The summed E-state index contributed by atoms with van der Waals surface area (Å²) in [5, 5.41) is 5.06. The number of carbonyl (C=O) groups is 1. The molecule has 0 bridgehead atoms. The SMILES string of the molecule is CCN1CCC(CNC(=O)Cc2cn3ccsc3n2)CC1. The van der Waals surface area contributed by atoms with Gasteiger partial charge in [-0.15, -0.1) is 11.3 Å². The van der Waals surface area contributed by atoms with Crippen LogP contribution in [0.1, 0.15) is 25.5 Å². The van der Waals surface area contributed by atoms with Crippen molar-refractivity contribution in [1.29, 1.82) is 0 Å². The first-order chi connectivity index (χ1) is 10.2. The highest BCUT2D eigenvalue weighted by molar-refractivity contribution is 7.15. The Morgan fingerprint density at radius 1 is 1.48 bits per heavy atom. The molecule has 0 aromatic carbocycles. The number of rotatable bonds is 5. The number of fused-ring (bicyclic) bond motifs is 1. The van der Waals surface area contributed by atoms with Gasteiger partial charge in [-0.2, -0.15) is 0 Å². The van der Waals surface area contributed by atoms with Gasteiger partial charge in [0, 0.05) is 24.3 Å². The van der Waals surface area contributed by atoms with Gasteiger partial charge in [0.05, 0.1) is 12.1 Å². The number of nitrogens with one attached hydrogen (secondary N) is 1. The van der Waals surface area contributed by atoms with Crippen LogP contribution < -0.4 is 5.32 Å². The maximum atomic E-state index is 12.0. The average Bonchev–Trinajstić information content (AvgIpc) is 3.07. The number of likely N-dealkylation sites (tertiary alicyclic amines) is 1. The van der Waals surface area contributed by atoms with Gasteiger partial charge in [-0.05, 0) is 38.4 Å². The summed E-state index contributed by atoms with van der Waals surface area (Å²) in [6, 6.07) is 0. The topological polar surface area (TPSA) is 49.6 Å². The Morgan fingerprint density at radius 3 is 3.00 bits per heavy atom. The van der Waals surface area contributed by atoms with E-state index >= 15 is 0 Å². The summed E-state index contributed by atoms with van der Waals surface area (Å²) < 4.78 is 1.97. The Morgan fingerprint density at radius 2 is 2.29 bits per heavy atom. The molecule has 5 nitrogen and oxygen atoms in total. The minimum Gasteiger partial charge on any atom is -0.355 e. The third-order valence-electron chi connectivity index (χ3n) is 4.23. The average molecular weight is 306 g/mol. The van der Waals surface area contributed by atoms with Crippen molar-refractivity contribution in [3.63, 3.8) is 0 Å². The van der Waals surface area contributed by atoms with E-state index in [1.54, 1.807) is 11.3 Å². The minimum atomic E-state index is 0.0821. The first kappa shape index (κ1) is 14.5. The van der Waals surface area contributed by atoms with Crippen LogP contribution in [-0.4, -0.2) is 46.4 Å². The van der Waals surface area contributed by atoms with Crippen LogP contribution in [0.3, 0.4) is 0 Å². The lowest BCUT2D eigenvalue weighted by Crippen LogP contribution is -2.38. The standard InChI is InChI=1S/C15H22N4OS/c1-2-18-5-3-12(4-6-18)10-16-14(20)9-13-11-19-7-8-21-15(19)17-13/h7-8,11-12H,2-6,9-10H2,1H3,(H,16,20). The predicted molar refractivity (Wildman–Crippen MR) is 84.6 cm³/mol. The van der Waals surface area contributed by atoms with E-state index in [1.165, 1.54) is 12.8 Å². The molecule has 1 amide bonds. The molecular weight excluding hydrogens is 284 g/mol. The molecule has 1 aliphatic heterocycles. The van der Waals surface area contributed by atoms with Crippen LogP contribution in [-0.2, 0) is 11.2 Å². The van der Waals surface area contributed by atoms with Gasteiger partial charge in [-0.3, -0.25) is 9.20 Å². The van der Waals surface area contributed by atoms with E-state index in [4.69, 9.17) is 0 Å². The van der Waals surface area contributed by atoms with Crippen LogP contribution in [0, 0.1) is 5.92 Å². The third-order valence-corrected chi connectivity index (χ3v) is 5.00. The van der Waals surface area contributed by atoms with Crippen LogP contribution in [0.15, 0.2) is 17.8 Å². The Balaban J connectivity index is 1.43. The fraction of sp³-hybridized carbons (Fsp3) is 0.600. The van der Waals surface area contributed by atoms with Crippen molar-refractivity contribution >= 4 is 22.2 Å². The lowest BCUT2D eigenvalue weighted by atomic mass is 9.97. The van der Waals surface area contributed by atoms with Gasteiger partial charge in [0.1, 0.15) is 0 Å². The molecular formula is C15H22N4OS. The van der Waals surface area contributed by atoms with E-state index in [9.17, 15) is 4.79 Å². The molecule has 0 saturated carbocycles. The van der Waals surface area contributed by atoms with E-state index < -0.39 is 0 Å². The van der Waals surface area contributed by atoms with Gasteiger partial charge in [0.25, 0.3) is 0 Å². The fourth-order valence-corrected chi connectivity index (χ4v) is 3.57. The second kappa shape index (κ2) is 6.58. The molecule has 21 heavy (non-hydrogen) atoms. The van der Waals surface area contributed by atoms with Crippen molar-refractivity contribution in [2.75, 3.05) is 26.2 Å². The zero-order chi connectivity index (χ0) is 14.7. The molecule has 0 unspecified atom stereocenters. The Labute approximate surface area is 129 Å². The summed E-state index contributed by atoms with van der Waals surface area (Å²) in [5.74, 6) is 0.709. The Hall–Kier alpha value is -1.40. The monoisotopic (exact) mass is 306 g/mol. The molecule has 1 fully saturated rings. The maximum absolute atomic E-state index is 12.0. The third kappa shape index (κ3) is 3.63. The summed E-state index contributed by atoms with van der Waals surface area (Å²) in [5.41, 5.74) is 0.847. The summed E-state index contributed by atoms with van der Waals surface area (Å²) in [4.78, 5) is 19.9. The van der Waals surface area contributed by atoms with Crippen LogP contribution in [0.5, 0.6) is 0 Å². The highest BCUT2D eigenvalue weighted by Gasteiger charge is 2.18. The quantitative estimate of drug-likeness (QED) is 0.916. The van der Waals surface area contributed by atoms with Gasteiger partial charge >= 0.3 is 0 Å². The van der Waals surface area contributed by atoms with Crippen molar-refractivity contribution in [2.45, 2.75) is 26.2 Å². The highest BCUT2D eigenvalue weighted by Crippen LogP contribution is 2.16. The van der Waals surface area contributed by atoms with Gasteiger partial charge in [-0.1, -0.05) is 6.92 Å².